The Morgan fingerprint density at radius 1 is 1.64 bits per heavy atom. The number of hydrogen-bond acceptors (Lipinski definition) is 4. The number of hydrogen-bond donors (Lipinski definition) is 0. The van der Waals surface area contributed by atoms with Gasteiger partial charge in [-0.05, 0) is 33.2 Å². The Bertz CT molecular complexity index is 240. The van der Waals surface area contributed by atoms with Crippen molar-refractivity contribution in [3.8, 4) is 6.07 Å². The smallest absolute Gasteiger partial charge is 0.132 e. The number of oxime groups is 1. The van der Waals surface area contributed by atoms with Gasteiger partial charge in [0.05, 0.1) is 18.3 Å². The van der Waals surface area contributed by atoms with Gasteiger partial charge in [-0.1, -0.05) is 5.16 Å². The van der Waals surface area contributed by atoms with Crippen LogP contribution in [0.15, 0.2) is 5.16 Å². The average molecular weight is 195 g/mol. The maximum Gasteiger partial charge on any atom is 0.132 e. The first-order chi connectivity index (χ1) is 6.74. The average Bonchev–Trinajstić information content (AvgIpc) is 2.53. The summed E-state index contributed by atoms with van der Waals surface area (Å²) in [6, 6.07) is 2.55. The fourth-order valence-corrected chi connectivity index (χ4v) is 1.64. The molecule has 0 N–H and O–H groups in total. The van der Waals surface area contributed by atoms with Gasteiger partial charge in [0, 0.05) is 6.04 Å². The summed E-state index contributed by atoms with van der Waals surface area (Å²) in [5.41, 5.74) is 0.926. The van der Waals surface area contributed by atoms with Crippen molar-refractivity contribution < 1.29 is 4.84 Å². The Morgan fingerprint density at radius 2 is 2.43 bits per heavy atom. The fourth-order valence-electron chi connectivity index (χ4n) is 1.64. The molecule has 1 saturated heterocycles. The second-order valence-corrected chi connectivity index (χ2v) is 3.76. The van der Waals surface area contributed by atoms with Crippen LogP contribution in [-0.4, -0.2) is 36.3 Å². The Hall–Kier alpha value is -1.08. The summed E-state index contributed by atoms with van der Waals surface area (Å²) in [7, 11) is 0. The van der Waals surface area contributed by atoms with Crippen molar-refractivity contribution in [3.63, 3.8) is 0 Å². The fraction of sp³-hybridized carbons (Fsp3) is 0.800. The first-order valence-corrected chi connectivity index (χ1v) is 4.98. The van der Waals surface area contributed by atoms with Gasteiger partial charge >= 0.3 is 0 Å². The molecule has 0 aromatic rings. The second kappa shape index (κ2) is 5.61. The summed E-state index contributed by atoms with van der Waals surface area (Å²) in [5.74, 6) is 0. The molecule has 0 radical (unpaired) electrons. The van der Waals surface area contributed by atoms with Crippen LogP contribution in [0.2, 0.25) is 0 Å². The normalized spacial score (nSPS) is 21.6. The highest BCUT2D eigenvalue weighted by Crippen LogP contribution is 2.16. The molecule has 1 atom stereocenters. The van der Waals surface area contributed by atoms with Gasteiger partial charge in [-0.15, -0.1) is 0 Å². The van der Waals surface area contributed by atoms with Gasteiger partial charge < -0.3 is 4.84 Å². The van der Waals surface area contributed by atoms with Gasteiger partial charge in [0.1, 0.15) is 6.61 Å². The zero-order valence-corrected chi connectivity index (χ0v) is 8.86. The topological polar surface area (TPSA) is 48.6 Å². The summed E-state index contributed by atoms with van der Waals surface area (Å²) in [6.45, 7) is 5.93. The predicted molar refractivity (Wildman–Crippen MR) is 54.9 cm³/mol. The van der Waals surface area contributed by atoms with Crippen molar-refractivity contribution in [3.05, 3.63) is 0 Å². The Balaban J connectivity index is 2.29. The standard InChI is InChI=1S/C10H17N3O/c1-9(2)12-14-8-10-4-3-6-13(10)7-5-11/h10H,3-4,6-8H2,1-2H3/t10-/m1/s1. The first kappa shape index (κ1) is 11.0. The summed E-state index contributed by atoms with van der Waals surface area (Å²) < 4.78 is 0. The second-order valence-electron chi connectivity index (χ2n) is 3.76. The van der Waals surface area contributed by atoms with Crippen LogP contribution < -0.4 is 0 Å². The largest absolute Gasteiger partial charge is 0.394 e. The molecule has 14 heavy (non-hydrogen) atoms. The number of nitrogens with zero attached hydrogens (tertiary/aromatic N) is 3. The molecule has 0 spiro atoms. The van der Waals surface area contributed by atoms with Crippen LogP contribution in [0.3, 0.4) is 0 Å². The van der Waals surface area contributed by atoms with E-state index in [0.29, 0.717) is 19.2 Å². The third kappa shape index (κ3) is 3.35. The Morgan fingerprint density at radius 3 is 3.07 bits per heavy atom. The third-order valence-electron chi connectivity index (χ3n) is 2.29. The summed E-state index contributed by atoms with van der Waals surface area (Å²) in [5, 5.41) is 12.5. The zero-order valence-electron chi connectivity index (χ0n) is 8.86. The number of likely N-dealkylation sites (tertiary alicyclic amines) is 1. The molecule has 1 aliphatic heterocycles. The van der Waals surface area contributed by atoms with E-state index in [0.717, 1.165) is 25.1 Å². The molecule has 0 aliphatic carbocycles. The zero-order chi connectivity index (χ0) is 10.4. The molecule has 1 rings (SSSR count). The molecule has 0 bridgehead atoms. The lowest BCUT2D eigenvalue weighted by molar-refractivity contribution is 0.0871. The molecule has 0 aromatic heterocycles. The number of nitriles is 1. The van der Waals surface area contributed by atoms with E-state index in [-0.39, 0.29) is 0 Å². The van der Waals surface area contributed by atoms with Crippen LogP contribution in [0.1, 0.15) is 26.7 Å². The van der Waals surface area contributed by atoms with Crippen molar-refractivity contribution >= 4 is 5.71 Å². The lowest BCUT2D eigenvalue weighted by Crippen LogP contribution is -2.32. The maximum absolute atomic E-state index is 8.60. The number of rotatable bonds is 4. The summed E-state index contributed by atoms with van der Waals surface area (Å²) in [6.07, 6.45) is 2.27. The van der Waals surface area contributed by atoms with Gasteiger partial charge in [0.15, 0.2) is 0 Å². The van der Waals surface area contributed by atoms with E-state index in [9.17, 15) is 0 Å². The molecule has 1 heterocycles. The van der Waals surface area contributed by atoms with Crippen LogP contribution in [0.25, 0.3) is 0 Å². The SMILES string of the molecule is CC(C)=NOC[C@H]1CCCN1CC#N. The van der Waals surface area contributed by atoms with Crippen molar-refractivity contribution in [1.82, 2.24) is 4.90 Å². The minimum absolute atomic E-state index is 0.373. The quantitative estimate of drug-likeness (QED) is 0.387. The molecule has 4 nitrogen and oxygen atoms in total. The van der Waals surface area contributed by atoms with Crippen LogP contribution in [0.5, 0.6) is 0 Å². The van der Waals surface area contributed by atoms with E-state index >= 15 is 0 Å². The molecule has 4 heteroatoms. The van der Waals surface area contributed by atoms with Crippen LogP contribution in [0.4, 0.5) is 0 Å². The van der Waals surface area contributed by atoms with Crippen LogP contribution >= 0.6 is 0 Å². The molecule has 1 fully saturated rings. The van der Waals surface area contributed by atoms with Gasteiger partial charge in [0.2, 0.25) is 0 Å². The van der Waals surface area contributed by atoms with Crippen molar-refractivity contribution in [2.45, 2.75) is 32.7 Å². The Labute approximate surface area is 85.1 Å². The minimum atomic E-state index is 0.373. The van der Waals surface area contributed by atoms with E-state index < -0.39 is 0 Å². The van der Waals surface area contributed by atoms with Crippen molar-refractivity contribution in [1.29, 1.82) is 5.26 Å². The van der Waals surface area contributed by atoms with E-state index in [1.165, 1.54) is 0 Å². The van der Waals surface area contributed by atoms with E-state index in [4.69, 9.17) is 10.1 Å². The van der Waals surface area contributed by atoms with Crippen LogP contribution in [-0.2, 0) is 4.84 Å². The molecule has 0 aromatic carbocycles. The highest BCUT2D eigenvalue weighted by molar-refractivity contribution is 5.78. The van der Waals surface area contributed by atoms with Gasteiger partial charge in [-0.25, -0.2) is 0 Å². The highest BCUT2D eigenvalue weighted by atomic mass is 16.6. The summed E-state index contributed by atoms with van der Waals surface area (Å²) in [4.78, 5) is 7.35. The third-order valence-corrected chi connectivity index (χ3v) is 2.29. The lowest BCUT2D eigenvalue weighted by atomic mass is 10.2. The first-order valence-electron chi connectivity index (χ1n) is 4.98. The lowest BCUT2D eigenvalue weighted by Gasteiger charge is -2.19. The van der Waals surface area contributed by atoms with Gasteiger partial charge in [-0.3, -0.25) is 4.90 Å². The van der Waals surface area contributed by atoms with Gasteiger partial charge in [0.25, 0.3) is 0 Å². The highest BCUT2D eigenvalue weighted by Gasteiger charge is 2.24. The minimum Gasteiger partial charge on any atom is -0.394 e. The van der Waals surface area contributed by atoms with E-state index in [1.54, 1.807) is 0 Å². The molecule has 0 unspecified atom stereocenters. The van der Waals surface area contributed by atoms with Crippen molar-refractivity contribution in [2.24, 2.45) is 5.16 Å². The van der Waals surface area contributed by atoms with Crippen molar-refractivity contribution in [2.75, 3.05) is 19.7 Å². The predicted octanol–water partition coefficient (Wildman–Crippen LogP) is 1.39. The van der Waals surface area contributed by atoms with E-state index in [2.05, 4.69) is 16.1 Å². The Kier molecular flexibility index (Phi) is 4.41. The molecular weight excluding hydrogens is 178 g/mol. The van der Waals surface area contributed by atoms with Crippen LogP contribution in [0, 0.1) is 11.3 Å². The monoisotopic (exact) mass is 195 g/mol. The maximum atomic E-state index is 8.60. The molecular formula is C10H17N3O. The molecule has 0 amide bonds. The van der Waals surface area contributed by atoms with E-state index in [1.807, 2.05) is 13.8 Å². The molecule has 0 saturated carbocycles. The molecule has 1 aliphatic rings. The molecule has 78 valence electrons. The summed E-state index contributed by atoms with van der Waals surface area (Å²) >= 11 is 0. The van der Waals surface area contributed by atoms with Gasteiger partial charge in [-0.2, -0.15) is 5.26 Å².